The molecule has 2 amide bonds. The van der Waals surface area contributed by atoms with Crippen LogP contribution in [0.25, 0.3) is 0 Å². The first-order valence-corrected chi connectivity index (χ1v) is 8.98. The van der Waals surface area contributed by atoms with E-state index < -0.39 is 0 Å². The van der Waals surface area contributed by atoms with Crippen LogP contribution in [0.2, 0.25) is 0 Å². The van der Waals surface area contributed by atoms with Crippen molar-refractivity contribution >= 4 is 24.2 Å². The zero-order valence-corrected chi connectivity index (χ0v) is 15.6. The fourth-order valence-electron chi connectivity index (χ4n) is 3.79. The van der Waals surface area contributed by atoms with Crippen molar-refractivity contribution in [2.24, 2.45) is 5.92 Å². The van der Waals surface area contributed by atoms with Gasteiger partial charge in [0.25, 0.3) is 5.91 Å². The lowest BCUT2D eigenvalue weighted by atomic mass is 9.94. The lowest BCUT2D eigenvalue weighted by Gasteiger charge is -2.37. The van der Waals surface area contributed by atoms with Crippen molar-refractivity contribution in [3.63, 3.8) is 0 Å². The van der Waals surface area contributed by atoms with Gasteiger partial charge in [0.2, 0.25) is 5.91 Å². The summed E-state index contributed by atoms with van der Waals surface area (Å²) in [5, 5.41) is 3.34. The van der Waals surface area contributed by atoms with E-state index in [1.54, 1.807) is 0 Å². The normalized spacial score (nSPS) is 21.3. The number of nitrogens with zero attached hydrogens (tertiary/aromatic N) is 2. The second-order valence-corrected chi connectivity index (χ2v) is 6.89. The molecular formula is C19H28ClN3O2. The maximum absolute atomic E-state index is 12.9. The van der Waals surface area contributed by atoms with Gasteiger partial charge >= 0.3 is 0 Å². The summed E-state index contributed by atoms with van der Waals surface area (Å²) in [5.74, 6) is 0.177. The first-order valence-electron chi connectivity index (χ1n) is 8.98. The Morgan fingerprint density at radius 3 is 2.48 bits per heavy atom. The summed E-state index contributed by atoms with van der Waals surface area (Å²) >= 11 is 0. The molecule has 0 spiro atoms. The third kappa shape index (κ3) is 4.73. The second kappa shape index (κ2) is 9.20. The number of hydrogen-bond donors (Lipinski definition) is 1. The van der Waals surface area contributed by atoms with Gasteiger partial charge in [-0.1, -0.05) is 18.2 Å². The van der Waals surface area contributed by atoms with Crippen LogP contribution < -0.4 is 5.32 Å². The van der Waals surface area contributed by atoms with Crippen molar-refractivity contribution in [2.45, 2.75) is 31.7 Å². The van der Waals surface area contributed by atoms with E-state index in [4.69, 9.17) is 0 Å². The Morgan fingerprint density at radius 1 is 1.12 bits per heavy atom. The number of likely N-dealkylation sites (tertiary alicyclic amines) is 1. The van der Waals surface area contributed by atoms with Gasteiger partial charge in [-0.2, -0.15) is 0 Å². The quantitative estimate of drug-likeness (QED) is 0.893. The highest BCUT2D eigenvalue weighted by atomic mass is 35.5. The summed E-state index contributed by atoms with van der Waals surface area (Å²) in [7, 11) is 1.93. The van der Waals surface area contributed by atoms with E-state index in [0.717, 1.165) is 45.3 Å². The van der Waals surface area contributed by atoms with Gasteiger partial charge in [-0.3, -0.25) is 9.59 Å². The molecule has 2 heterocycles. The molecule has 0 aromatic heterocycles. The van der Waals surface area contributed by atoms with Crippen LogP contribution in [0.15, 0.2) is 30.3 Å². The summed E-state index contributed by atoms with van der Waals surface area (Å²) < 4.78 is 0. The zero-order chi connectivity index (χ0) is 16.9. The molecule has 0 radical (unpaired) electrons. The van der Waals surface area contributed by atoms with Crippen LogP contribution >= 0.6 is 12.4 Å². The second-order valence-electron chi connectivity index (χ2n) is 6.89. The molecule has 2 aliphatic heterocycles. The number of nitrogens with one attached hydrogen (secondary N) is 1. The maximum atomic E-state index is 12.9. The highest BCUT2D eigenvalue weighted by Crippen LogP contribution is 2.22. The molecule has 1 atom stereocenters. The minimum atomic E-state index is -0.0636. The molecule has 0 aliphatic carbocycles. The topological polar surface area (TPSA) is 52.7 Å². The van der Waals surface area contributed by atoms with Gasteiger partial charge in [0, 0.05) is 31.7 Å². The van der Waals surface area contributed by atoms with Crippen LogP contribution in [-0.2, 0) is 4.79 Å². The Hall–Kier alpha value is -1.59. The van der Waals surface area contributed by atoms with Crippen LogP contribution in [0.3, 0.4) is 0 Å². The number of amides is 2. The summed E-state index contributed by atoms with van der Waals surface area (Å²) in [5.41, 5.74) is 0.706. The van der Waals surface area contributed by atoms with Crippen LogP contribution in [0.4, 0.5) is 0 Å². The molecule has 2 saturated heterocycles. The average molecular weight is 366 g/mol. The Morgan fingerprint density at radius 2 is 1.80 bits per heavy atom. The van der Waals surface area contributed by atoms with Gasteiger partial charge in [0.05, 0.1) is 5.92 Å². The molecule has 0 saturated carbocycles. The number of halogens is 1. The molecule has 1 unspecified atom stereocenters. The van der Waals surface area contributed by atoms with E-state index in [1.165, 1.54) is 0 Å². The summed E-state index contributed by atoms with van der Waals surface area (Å²) in [4.78, 5) is 29.3. The molecule has 1 N–H and O–H groups in total. The molecular weight excluding hydrogens is 338 g/mol. The van der Waals surface area contributed by atoms with Crippen molar-refractivity contribution in [3.05, 3.63) is 35.9 Å². The minimum absolute atomic E-state index is 0. The molecule has 1 aromatic rings. The van der Waals surface area contributed by atoms with Gasteiger partial charge in [-0.15, -0.1) is 12.4 Å². The zero-order valence-electron chi connectivity index (χ0n) is 14.8. The third-order valence-corrected chi connectivity index (χ3v) is 5.28. The average Bonchev–Trinajstić information content (AvgIpc) is 2.67. The molecule has 2 aliphatic rings. The number of piperidine rings is 2. The van der Waals surface area contributed by atoms with Crippen LogP contribution in [0.5, 0.6) is 0 Å². The smallest absolute Gasteiger partial charge is 0.253 e. The van der Waals surface area contributed by atoms with Gasteiger partial charge in [0.1, 0.15) is 0 Å². The Kier molecular flexibility index (Phi) is 7.26. The first-order chi connectivity index (χ1) is 11.7. The summed E-state index contributed by atoms with van der Waals surface area (Å²) in [6.45, 7) is 3.24. The predicted octanol–water partition coefficient (Wildman–Crippen LogP) is 2.17. The van der Waals surface area contributed by atoms with Gasteiger partial charge < -0.3 is 15.1 Å². The minimum Gasteiger partial charge on any atom is -0.342 e. The lowest BCUT2D eigenvalue weighted by molar-refractivity contribution is -0.138. The molecule has 25 heavy (non-hydrogen) atoms. The number of hydrogen-bond acceptors (Lipinski definition) is 3. The van der Waals surface area contributed by atoms with E-state index in [1.807, 2.05) is 47.2 Å². The van der Waals surface area contributed by atoms with E-state index in [-0.39, 0.29) is 30.1 Å². The fraction of sp³-hybridized carbons (Fsp3) is 0.579. The van der Waals surface area contributed by atoms with Gasteiger partial charge in [-0.25, -0.2) is 0 Å². The van der Waals surface area contributed by atoms with E-state index >= 15 is 0 Å². The van der Waals surface area contributed by atoms with Crippen LogP contribution in [0, 0.1) is 5.92 Å². The number of benzene rings is 1. The van der Waals surface area contributed by atoms with Crippen molar-refractivity contribution in [1.29, 1.82) is 0 Å². The van der Waals surface area contributed by atoms with Gasteiger partial charge in [-0.05, 0) is 50.9 Å². The summed E-state index contributed by atoms with van der Waals surface area (Å²) in [6, 6.07) is 9.69. The number of carbonyl (C=O) groups is 2. The maximum Gasteiger partial charge on any atom is 0.253 e. The number of carbonyl (C=O) groups excluding carboxylic acids is 2. The largest absolute Gasteiger partial charge is 0.342 e. The molecule has 2 fully saturated rings. The molecule has 0 bridgehead atoms. The lowest BCUT2D eigenvalue weighted by Crippen LogP contribution is -2.50. The first kappa shape index (κ1) is 19.7. The van der Waals surface area contributed by atoms with Crippen molar-refractivity contribution in [1.82, 2.24) is 15.1 Å². The molecule has 1 aromatic carbocycles. The monoisotopic (exact) mass is 365 g/mol. The van der Waals surface area contributed by atoms with E-state index in [2.05, 4.69) is 5.32 Å². The Labute approximate surface area is 156 Å². The Balaban J connectivity index is 0.00000225. The predicted molar refractivity (Wildman–Crippen MR) is 101 cm³/mol. The van der Waals surface area contributed by atoms with Gasteiger partial charge in [0.15, 0.2) is 0 Å². The van der Waals surface area contributed by atoms with Crippen LogP contribution in [-0.4, -0.2) is 60.9 Å². The van der Waals surface area contributed by atoms with Crippen molar-refractivity contribution < 1.29 is 9.59 Å². The van der Waals surface area contributed by atoms with Crippen molar-refractivity contribution in [3.8, 4) is 0 Å². The Bertz CT molecular complexity index is 575. The van der Waals surface area contributed by atoms with E-state index in [0.29, 0.717) is 18.2 Å². The third-order valence-electron chi connectivity index (χ3n) is 5.28. The fourth-order valence-corrected chi connectivity index (χ4v) is 3.79. The molecule has 3 rings (SSSR count). The summed E-state index contributed by atoms with van der Waals surface area (Å²) in [6.07, 6.45) is 3.81. The SMILES string of the molecule is CN(C(=O)C1CCCN(C(=O)c2ccccc2)C1)C1CCNCC1.Cl. The molecule has 138 valence electrons. The van der Waals surface area contributed by atoms with Crippen molar-refractivity contribution in [2.75, 3.05) is 33.2 Å². The van der Waals surface area contributed by atoms with Crippen LogP contribution in [0.1, 0.15) is 36.0 Å². The molecule has 6 heteroatoms. The van der Waals surface area contributed by atoms with E-state index in [9.17, 15) is 9.59 Å². The highest BCUT2D eigenvalue weighted by molar-refractivity contribution is 5.94. The molecule has 5 nitrogen and oxygen atoms in total. The highest BCUT2D eigenvalue weighted by Gasteiger charge is 2.32. The number of rotatable bonds is 3. The standard InChI is InChI=1S/C19H27N3O2.ClH/c1-21(17-9-11-20-12-10-17)18(23)16-8-5-13-22(14-16)19(24)15-6-3-2-4-7-15;/h2-4,6-7,16-17,20H,5,8-14H2,1H3;1H.